The van der Waals surface area contributed by atoms with Crippen molar-refractivity contribution >= 4 is 37.5 Å². The smallest absolute Gasteiger partial charge is 0.241 e. The lowest BCUT2D eigenvalue weighted by molar-refractivity contribution is 0.432. The highest BCUT2D eigenvalue weighted by Gasteiger charge is 2.14. The number of nitrogens with zero attached hydrogens (tertiary/aromatic N) is 2. The maximum atomic E-state index is 14.1. The van der Waals surface area contributed by atoms with E-state index >= 15 is 0 Å². The minimum atomic E-state index is -0.499. The second-order valence-electron chi connectivity index (χ2n) is 5.17. The van der Waals surface area contributed by atoms with Crippen molar-refractivity contribution in [2.24, 2.45) is 0 Å². The van der Waals surface area contributed by atoms with E-state index in [1.54, 1.807) is 18.2 Å². The molecule has 0 aliphatic heterocycles. The number of ether oxygens (including phenoxy) is 1. The summed E-state index contributed by atoms with van der Waals surface area (Å²) >= 11 is 4.62. The standard InChI is InChI=1S/C18H9BrF2N2OS/c19-11-3-6-15(13(21)9-11)24-18-16-14(7-8-25-16)22-17(23-18)10-1-4-12(20)5-2-10/h1-9H. The fourth-order valence-corrected chi connectivity index (χ4v) is 3.38. The van der Waals surface area contributed by atoms with Crippen LogP contribution in [0.15, 0.2) is 58.4 Å². The molecule has 0 amide bonds. The van der Waals surface area contributed by atoms with Gasteiger partial charge in [0.1, 0.15) is 10.5 Å². The average Bonchev–Trinajstić information content (AvgIpc) is 3.07. The Balaban J connectivity index is 1.82. The molecule has 0 saturated heterocycles. The van der Waals surface area contributed by atoms with Crippen LogP contribution in [0.3, 0.4) is 0 Å². The average molecular weight is 419 g/mol. The van der Waals surface area contributed by atoms with E-state index in [0.717, 1.165) is 0 Å². The Bertz CT molecular complexity index is 1070. The zero-order chi connectivity index (χ0) is 17.4. The summed E-state index contributed by atoms with van der Waals surface area (Å²) in [6, 6.07) is 12.2. The minimum Gasteiger partial charge on any atom is -0.434 e. The van der Waals surface area contributed by atoms with E-state index in [0.29, 0.717) is 26.1 Å². The lowest BCUT2D eigenvalue weighted by atomic mass is 10.2. The van der Waals surface area contributed by atoms with Gasteiger partial charge in [-0.25, -0.2) is 13.8 Å². The largest absolute Gasteiger partial charge is 0.434 e. The summed E-state index contributed by atoms with van der Waals surface area (Å²) < 4.78 is 34.3. The molecule has 4 rings (SSSR count). The Kier molecular flexibility index (Phi) is 4.19. The van der Waals surface area contributed by atoms with Crippen LogP contribution in [0.4, 0.5) is 8.78 Å². The Morgan fingerprint density at radius 1 is 0.960 bits per heavy atom. The first-order chi connectivity index (χ1) is 12.1. The maximum Gasteiger partial charge on any atom is 0.241 e. The minimum absolute atomic E-state index is 0.0710. The van der Waals surface area contributed by atoms with Crippen LogP contribution < -0.4 is 4.74 Å². The molecule has 0 unspecified atom stereocenters. The molecule has 2 aromatic carbocycles. The molecule has 2 aromatic heterocycles. The first-order valence-corrected chi connectivity index (χ1v) is 8.91. The molecule has 0 spiro atoms. The molecular formula is C18H9BrF2N2OS. The van der Waals surface area contributed by atoms with Crippen molar-refractivity contribution in [1.29, 1.82) is 0 Å². The van der Waals surface area contributed by atoms with Crippen molar-refractivity contribution in [3.05, 3.63) is 70.0 Å². The van der Waals surface area contributed by atoms with Crippen molar-refractivity contribution < 1.29 is 13.5 Å². The highest BCUT2D eigenvalue weighted by Crippen LogP contribution is 2.34. The van der Waals surface area contributed by atoms with Crippen LogP contribution in [0.1, 0.15) is 0 Å². The van der Waals surface area contributed by atoms with Crippen LogP contribution in [0.25, 0.3) is 21.6 Å². The molecule has 124 valence electrons. The molecule has 0 fully saturated rings. The van der Waals surface area contributed by atoms with Gasteiger partial charge in [0.05, 0.1) is 5.52 Å². The molecule has 0 saturated carbocycles. The number of rotatable bonds is 3. The van der Waals surface area contributed by atoms with E-state index in [-0.39, 0.29) is 17.4 Å². The number of aromatic nitrogens is 2. The van der Waals surface area contributed by atoms with Gasteiger partial charge in [-0.05, 0) is 53.9 Å². The lowest BCUT2D eigenvalue weighted by Gasteiger charge is -2.09. The first-order valence-electron chi connectivity index (χ1n) is 7.24. The van der Waals surface area contributed by atoms with Gasteiger partial charge in [-0.3, -0.25) is 0 Å². The van der Waals surface area contributed by atoms with Gasteiger partial charge in [-0.2, -0.15) is 4.98 Å². The third kappa shape index (κ3) is 3.25. The van der Waals surface area contributed by atoms with Gasteiger partial charge in [0.2, 0.25) is 5.88 Å². The van der Waals surface area contributed by atoms with Crippen LogP contribution in [0.2, 0.25) is 0 Å². The number of hydrogen-bond donors (Lipinski definition) is 0. The molecule has 0 atom stereocenters. The SMILES string of the molecule is Fc1ccc(-c2nc(Oc3ccc(Br)cc3F)c3sccc3n2)cc1. The van der Waals surface area contributed by atoms with Crippen LogP contribution in [0, 0.1) is 11.6 Å². The summed E-state index contributed by atoms with van der Waals surface area (Å²) in [4.78, 5) is 8.88. The van der Waals surface area contributed by atoms with Crippen LogP contribution in [-0.2, 0) is 0 Å². The lowest BCUT2D eigenvalue weighted by Crippen LogP contribution is -1.96. The normalized spacial score (nSPS) is 11.0. The van der Waals surface area contributed by atoms with E-state index in [9.17, 15) is 8.78 Å². The summed E-state index contributed by atoms with van der Waals surface area (Å²) in [5.74, 6) is -0.115. The summed E-state index contributed by atoms with van der Waals surface area (Å²) in [6.07, 6.45) is 0. The van der Waals surface area contributed by atoms with E-state index in [1.807, 2.05) is 11.4 Å². The molecule has 0 radical (unpaired) electrons. The van der Waals surface area contributed by atoms with Crippen LogP contribution in [-0.4, -0.2) is 9.97 Å². The van der Waals surface area contributed by atoms with Crippen molar-refractivity contribution in [2.75, 3.05) is 0 Å². The molecule has 2 heterocycles. The van der Waals surface area contributed by atoms with Gasteiger partial charge in [0, 0.05) is 10.0 Å². The Morgan fingerprint density at radius 3 is 2.52 bits per heavy atom. The van der Waals surface area contributed by atoms with E-state index < -0.39 is 5.82 Å². The first kappa shape index (κ1) is 16.1. The predicted octanol–water partition coefficient (Wildman–Crippen LogP) is 6.19. The van der Waals surface area contributed by atoms with E-state index in [1.165, 1.54) is 35.6 Å². The number of benzene rings is 2. The fourth-order valence-electron chi connectivity index (χ4n) is 2.30. The highest BCUT2D eigenvalue weighted by molar-refractivity contribution is 9.10. The molecule has 7 heteroatoms. The molecular weight excluding hydrogens is 410 g/mol. The summed E-state index contributed by atoms with van der Waals surface area (Å²) in [5.41, 5.74) is 1.34. The van der Waals surface area contributed by atoms with Crippen LogP contribution >= 0.6 is 27.3 Å². The van der Waals surface area contributed by atoms with Crippen molar-refractivity contribution in [3.63, 3.8) is 0 Å². The van der Waals surface area contributed by atoms with Gasteiger partial charge >= 0.3 is 0 Å². The summed E-state index contributed by atoms with van der Waals surface area (Å²) in [6.45, 7) is 0. The molecule has 0 aliphatic carbocycles. The fraction of sp³-hybridized carbons (Fsp3) is 0. The van der Waals surface area contributed by atoms with Gasteiger partial charge in [-0.15, -0.1) is 11.3 Å². The molecule has 3 nitrogen and oxygen atoms in total. The number of halogens is 3. The van der Waals surface area contributed by atoms with E-state index in [4.69, 9.17) is 4.74 Å². The second-order valence-corrected chi connectivity index (χ2v) is 7.00. The molecule has 4 aromatic rings. The highest BCUT2D eigenvalue weighted by atomic mass is 79.9. The molecule has 25 heavy (non-hydrogen) atoms. The Morgan fingerprint density at radius 2 is 1.76 bits per heavy atom. The van der Waals surface area contributed by atoms with Gasteiger partial charge in [-0.1, -0.05) is 15.9 Å². The second kappa shape index (κ2) is 6.50. The molecule has 0 N–H and O–H groups in total. The van der Waals surface area contributed by atoms with Gasteiger partial charge < -0.3 is 4.74 Å². The monoisotopic (exact) mass is 418 g/mol. The topological polar surface area (TPSA) is 35.0 Å². The molecule has 0 aliphatic rings. The van der Waals surface area contributed by atoms with Crippen molar-refractivity contribution in [3.8, 4) is 23.0 Å². The summed E-state index contributed by atoms with van der Waals surface area (Å²) in [7, 11) is 0. The number of hydrogen-bond acceptors (Lipinski definition) is 4. The van der Waals surface area contributed by atoms with Crippen molar-refractivity contribution in [1.82, 2.24) is 9.97 Å². The maximum absolute atomic E-state index is 14.1. The third-order valence-electron chi connectivity index (χ3n) is 3.48. The summed E-state index contributed by atoms with van der Waals surface area (Å²) in [5, 5.41) is 1.86. The number of fused-ring (bicyclic) bond motifs is 1. The quantitative estimate of drug-likeness (QED) is 0.397. The predicted molar refractivity (Wildman–Crippen MR) is 97.0 cm³/mol. The van der Waals surface area contributed by atoms with Gasteiger partial charge in [0.25, 0.3) is 0 Å². The van der Waals surface area contributed by atoms with E-state index in [2.05, 4.69) is 25.9 Å². The third-order valence-corrected chi connectivity index (χ3v) is 4.86. The number of thiophene rings is 1. The Labute approximate surface area is 154 Å². The zero-order valence-corrected chi connectivity index (χ0v) is 14.9. The van der Waals surface area contributed by atoms with Crippen LogP contribution in [0.5, 0.6) is 11.6 Å². The van der Waals surface area contributed by atoms with Gasteiger partial charge in [0.15, 0.2) is 17.4 Å². The van der Waals surface area contributed by atoms with Crippen molar-refractivity contribution in [2.45, 2.75) is 0 Å². The Hall–Kier alpha value is -2.38. The molecule has 0 bridgehead atoms. The zero-order valence-electron chi connectivity index (χ0n) is 12.5.